The molecule has 3 rings (SSSR count). The number of hydrogen-bond donors (Lipinski definition) is 0. The van der Waals surface area contributed by atoms with Crippen LogP contribution in [-0.4, -0.2) is 29.9 Å². The van der Waals surface area contributed by atoms with E-state index in [2.05, 4.69) is 0 Å². The Kier molecular flexibility index (Phi) is 7.38. The van der Waals surface area contributed by atoms with Gasteiger partial charge in [0, 0.05) is 0 Å². The molecule has 0 aliphatic heterocycles. The van der Waals surface area contributed by atoms with E-state index in [4.69, 9.17) is 0 Å². The average Bonchev–Trinajstić information content (AvgIpc) is 2.71. The first kappa shape index (κ1) is 23.7. The number of rotatable bonds is 5. The molecule has 31 heavy (non-hydrogen) atoms. The first-order valence-electron chi connectivity index (χ1n) is 8.98. The van der Waals surface area contributed by atoms with Crippen LogP contribution in [0.4, 0.5) is 26.3 Å². The van der Waals surface area contributed by atoms with Gasteiger partial charge in [0.25, 0.3) is 0 Å². The van der Waals surface area contributed by atoms with E-state index in [9.17, 15) is 26.3 Å². The fourth-order valence-electron chi connectivity index (χ4n) is 2.55. The van der Waals surface area contributed by atoms with Crippen LogP contribution in [0.25, 0.3) is 4.47 Å². The Bertz CT molecular complexity index is 1030. The van der Waals surface area contributed by atoms with Crippen LogP contribution in [0.2, 0.25) is 0 Å². The van der Waals surface area contributed by atoms with Crippen LogP contribution in [-0.2, 0) is 12.4 Å². The summed E-state index contributed by atoms with van der Waals surface area (Å²) in [6, 6.07) is 18.0. The zero-order chi connectivity index (χ0) is 22.6. The number of halogens is 6. The molecule has 8 heteroatoms. The van der Waals surface area contributed by atoms with Gasteiger partial charge in [-0.3, -0.25) is 0 Å². The molecule has 0 bridgehead atoms. The van der Waals surface area contributed by atoms with Crippen molar-refractivity contribution in [1.29, 1.82) is 0 Å². The van der Waals surface area contributed by atoms with Crippen LogP contribution in [0, 0.1) is 6.92 Å². The van der Waals surface area contributed by atoms with Crippen LogP contribution >= 0.6 is 0 Å². The summed E-state index contributed by atoms with van der Waals surface area (Å²) < 4.78 is 79.3. The minimum atomic E-state index is -4.38. The summed E-state index contributed by atoms with van der Waals surface area (Å²) in [4.78, 5) is 2.00. The van der Waals surface area contributed by atoms with Gasteiger partial charge in [-0.15, -0.1) is 0 Å². The molecule has 0 saturated carbocycles. The van der Waals surface area contributed by atoms with Gasteiger partial charge >= 0.3 is 189 Å². The van der Waals surface area contributed by atoms with Crippen molar-refractivity contribution in [2.45, 2.75) is 19.3 Å². The van der Waals surface area contributed by atoms with Gasteiger partial charge in [-0.1, -0.05) is 0 Å². The van der Waals surface area contributed by atoms with Crippen molar-refractivity contribution in [1.82, 2.24) is 0 Å². The molecule has 0 unspecified atom stereocenters. The molecule has 0 spiro atoms. The van der Waals surface area contributed by atoms with E-state index in [1.807, 2.05) is 36.2 Å². The third-order valence-corrected chi connectivity index (χ3v) is 9.14. The fraction of sp³-hybridized carbons (Fsp3) is 0.130. The summed E-state index contributed by atoms with van der Waals surface area (Å²) in [5.41, 5.74) is 0.656. The van der Waals surface area contributed by atoms with Crippen LogP contribution in [0.5, 0.6) is 0 Å². The van der Waals surface area contributed by atoms with E-state index in [1.54, 1.807) is 0 Å². The van der Waals surface area contributed by atoms with Gasteiger partial charge in [0.15, 0.2) is 0 Å². The second-order valence-electron chi connectivity index (χ2n) is 6.61. The summed E-state index contributed by atoms with van der Waals surface area (Å²) in [7, 11) is 0. The maximum absolute atomic E-state index is 12.8. The van der Waals surface area contributed by atoms with Gasteiger partial charge in [-0.25, -0.2) is 0 Å². The Morgan fingerprint density at radius 1 is 0.645 bits per heavy atom. The van der Waals surface area contributed by atoms with Gasteiger partial charge < -0.3 is 0 Å². The molecule has 0 N–H and O–H groups in total. The monoisotopic (exact) mass is 566 g/mol. The Hall–Kier alpha value is -1.98. The van der Waals surface area contributed by atoms with E-state index in [0.29, 0.717) is 0 Å². The molecule has 0 saturated heterocycles. The van der Waals surface area contributed by atoms with Gasteiger partial charge in [-0.05, 0) is 0 Å². The van der Waals surface area contributed by atoms with Crippen LogP contribution in [0.1, 0.15) is 22.3 Å². The average molecular weight is 564 g/mol. The summed E-state index contributed by atoms with van der Waals surface area (Å²) in [6.45, 7) is 1.96. The Labute approximate surface area is 188 Å². The maximum atomic E-state index is 12.8. The standard InChI is InChI=1S/C23H16F6Se2/c1-15-2-4-16(5-3-15)21(31-20-12-8-18(9-13-20)23(27,28)29)14-30-19-10-6-17(7-11-19)22(24,25)26/h2-14H,1H3/b21-14+. The fourth-order valence-corrected chi connectivity index (χ4v) is 6.75. The van der Waals surface area contributed by atoms with Crippen molar-refractivity contribution in [3.8, 4) is 0 Å². The Morgan fingerprint density at radius 3 is 1.55 bits per heavy atom. The predicted octanol–water partition coefficient (Wildman–Crippen LogP) is 5.39. The van der Waals surface area contributed by atoms with Crippen molar-refractivity contribution < 1.29 is 26.3 Å². The molecule has 0 heterocycles. The summed E-state index contributed by atoms with van der Waals surface area (Å²) in [6.07, 6.45) is -8.76. The minimum absolute atomic E-state index is 0.224. The van der Waals surface area contributed by atoms with E-state index >= 15 is 0 Å². The SMILES string of the molecule is Cc1ccc(/C(=C\[Se]c2ccc(C(F)(F)F)cc2)[Se]c2ccc(C(F)(F)F)cc2)cc1. The second kappa shape index (κ2) is 9.66. The van der Waals surface area contributed by atoms with Crippen molar-refractivity contribution in [2.75, 3.05) is 0 Å². The van der Waals surface area contributed by atoms with Crippen molar-refractivity contribution in [3.63, 3.8) is 0 Å². The molecule has 0 fully saturated rings. The zero-order valence-electron chi connectivity index (χ0n) is 16.1. The molecule has 0 aliphatic carbocycles. The quantitative estimate of drug-likeness (QED) is 0.288. The van der Waals surface area contributed by atoms with Crippen molar-refractivity contribution >= 4 is 43.3 Å². The Morgan fingerprint density at radius 2 is 1.10 bits per heavy atom. The van der Waals surface area contributed by atoms with E-state index in [-0.39, 0.29) is 29.9 Å². The summed E-state index contributed by atoms with van der Waals surface area (Å²) in [5, 5.41) is 0. The summed E-state index contributed by atoms with van der Waals surface area (Å²) >= 11 is -0.481. The normalized spacial score (nSPS) is 12.8. The van der Waals surface area contributed by atoms with Gasteiger partial charge in [0.05, 0.1) is 0 Å². The first-order chi connectivity index (χ1) is 14.5. The molecule has 0 atom stereocenters. The zero-order valence-corrected chi connectivity index (χ0v) is 19.5. The predicted molar refractivity (Wildman–Crippen MR) is 113 cm³/mol. The van der Waals surface area contributed by atoms with E-state index in [1.165, 1.54) is 24.3 Å². The van der Waals surface area contributed by atoms with Crippen LogP contribution in [0.15, 0.2) is 77.8 Å². The molecule has 0 amide bonds. The van der Waals surface area contributed by atoms with Crippen LogP contribution < -0.4 is 8.92 Å². The molecular formula is C23H16F6Se2. The third-order valence-electron chi connectivity index (χ3n) is 4.23. The van der Waals surface area contributed by atoms with E-state index < -0.39 is 23.5 Å². The summed E-state index contributed by atoms with van der Waals surface area (Å²) in [5.74, 6) is 0. The number of benzene rings is 3. The molecule has 0 aliphatic rings. The molecular weight excluding hydrogens is 548 g/mol. The van der Waals surface area contributed by atoms with Gasteiger partial charge in [0.2, 0.25) is 0 Å². The molecule has 0 nitrogen and oxygen atoms in total. The molecule has 162 valence electrons. The molecule has 3 aromatic carbocycles. The topological polar surface area (TPSA) is 0 Å². The number of hydrogen-bond acceptors (Lipinski definition) is 0. The van der Waals surface area contributed by atoms with Crippen molar-refractivity contribution in [2.24, 2.45) is 0 Å². The Balaban J connectivity index is 1.85. The second-order valence-corrected chi connectivity index (χ2v) is 10.9. The van der Waals surface area contributed by atoms with Crippen molar-refractivity contribution in [3.05, 3.63) is 100 Å². The third kappa shape index (κ3) is 6.75. The molecule has 0 radical (unpaired) electrons. The number of alkyl halides is 6. The molecule has 3 aromatic rings. The van der Waals surface area contributed by atoms with Gasteiger partial charge in [-0.2, -0.15) is 0 Å². The number of aryl methyl sites for hydroxylation is 1. The van der Waals surface area contributed by atoms with Crippen LogP contribution in [0.3, 0.4) is 0 Å². The first-order valence-corrected chi connectivity index (χ1v) is 12.5. The van der Waals surface area contributed by atoms with Gasteiger partial charge in [0.1, 0.15) is 0 Å². The van der Waals surface area contributed by atoms with E-state index in [0.717, 1.165) is 48.8 Å². The molecule has 0 aromatic heterocycles.